The van der Waals surface area contributed by atoms with Crippen molar-refractivity contribution in [2.45, 2.75) is 62.3 Å². The van der Waals surface area contributed by atoms with E-state index >= 15 is 0 Å². The molecule has 0 amide bonds. The SMILES string of the molecule is C[Si](C)(C)[c-]1cc(C(P)(c2ccccn2)c2ccccn2)c(C2(CP)C3CC4CC(C3)CC2C4)c1.[Fe].[cH-]1[cH-][cH-][cH-][cH-]1. The minimum atomic E-state index is -1.53. The molecule has 4 fully saturated rings. The molecule has 4 bridgehead atoms. The van der Waals surface area contributed by atoms with Crippen molar-refractivity contribution in [2.24, 2.45) is 23.7 Å². The molecule has 41 heavy (non-hydrogen) atoms. The molecule has 0 radical (unpaired) electrons. The van der Waals surface area contributed by atoms with E-state index in [0.717, 1.165) is 41.2 Å². The van der Waals surface area contributed by atoms with Gasteiger partial charge in [0, 0.05) is 54.1 Å². The zero-order valence-corrected chi connectivity index (χ0v) is 29.0. The number of nitrogens with zero attached hydrogens (tertiary/aromatic N) is 2. The number of hydrogen-bond acceptors (Lipinski definition) is 2. The standard InChI is InChI=1S/C30H39N2P2Si.C5H5.Fe/c1-35(2,3)24-17-25(29(19-33)22-13-20-12-21(15-22)16-23(29)14-20)26(18-24)30(34,27-8-4-6-10-31-27)28-9-5-7-11-32-28;1-2-4-5-3-1;/h4-11,17-18,20-23H,12-16,19,33-34H2,1-3H3;1-5H;/q-1;-5;. The van der Waals surface area contributed by atoms with Crippen LogP contribution < -0.4 is 5.19 Å². The van der Waals surface area contributed by atoms with Crippen LogP contribution in [-0.4, -0.2) is 24.2 Å². The van der Waals surface area contributed by atoms with Crippen LogP contribution in [-0.2, 0) is 27.6 Å². The van der Waals surface area contributed by atoms with E-state index < -0.39 is 13.2 Å². The van der Waals surface area contributed by atoms with E-state index in [1.165, 1.54) is 37.7 Å². The van der Waals surface area contributed by atoms with Crippen molar-refractivity contribution < 1.29 is 17.1 Å². The van der Waals surface area contributed by atoms with Gasteiger partial charge in [-0.15, -0.1) is 18.5 Å². The fraction of sp³-hybridized carbons (Fsp3) is 0.429. The molecule has 4 saturated carbocycles. The molecule has 8 rings (SSSR count). The van der Waals surface area contributed by atoms with Crippen molar-refractivity contribution >= 4 is 31.7 Å². The van der Waals surface area contributed by atoms with Crippen molar-refractivity contribution in [1.82, 2.24) is 9.97 Å². The van der Waals surface area contributed by atoms with Gasteiger partial charge < -0.3 is 30.3 Å². The molecule has 2 heterocycles. The largest absolute Gasteiger partial charge is 0.748 e. The zero-order chi connectivity index (χ0) is 28.0. The second-order valence-electron chi connectivity index (χ2n) is 13.6. The Labute approximate surface area is 263 Å². The summed E-state index contributed by atoms with van der Waals surface area (Å²) in [5.74, 6) is 3.52. The van der Waals surface area contributed by atoms with E-state index in [4.69, 9.17) is 9.97 Å². The summed E-state index contributed by atoms with van der Waals surface area (Å²) in [6.07, 6.45) is 12.2. The molecule has 4 aliphatic carbocycles. The van der Waals surface area contributed by atoms with E-state index in [0.29, 0.717) is 0 Å². The predicted octanol–water partition coefficient (Wildman–Crippen LogP) is 7.88. The molecule has 0 N–H and O–H groups in total. The molecule has 222 valence electrons. The predicted molar refractivity (Wildman–Crippen MR) is 178 cm³/mol. The van der Waals surface area contributed by atoms with Crippen LogP contribution in [0.3, 0.4) is 0 Å². The average molecular weight is 639 g/mol. The van der Waals surface area contributed by atoms with Gasteiger partial charge in [-0.25, -0.2) is 0 Å². The fourth-order valence-electron chi connectivity index (χ4n) is 8.48. The summed E-state index contributed by atoms with van der Waals surface area (Å²) in [4.78, 5) is 9.89. The van der Waals surface area contributed by atoms with Crippen molar-refractivity contribution in [3.05, 3.63) is 114 Å². The van der Waals surface area contributed by atoms with Gasteiger partial charge in [-0.1, -0.05) is 37.2 Å². The molecular formula is C35H44FeN2P2Si-6. The Kier molecular flexibility index (Phi) is 9.31. The van der Waals surface area contributed by atoms with Crippen LogP contribution in [0.5, 0.6) is 0 Å². The first-order chi connectivity index (χ1) is 19.3. The molecule has 0 aliphatic heterocycles. The van der Waals surface area contributed by atoms with Crippen LogP contribution in [0.2, 0.25) is 19.6 Å². The van der Waals surface area contributed by atoms with Gasteiger partial charge in [-0.3, -0.25) is 9.97 Å². The Morgan fingerprint density at radius 2 is 1.32 bits per heavy atom. The van der Waals surface area contributed by atoms with Crippen molar-refractivity contribution in [3.63, 3.8) is 0 Å². The van der Waals surface area contributed by atoms with Crippen LogP contribution in [0.25, 0.3) is 0 Å². The first-order valence-electron chi connectivity index (χ1n) is 15.1. The molecule has 2 aromatic carbocycles. The first-order valence-corrected chi connectivity index (χ1v) is 20.0. The molecule has 2 nitrogen and oxygen atoms in total. The van der Waals surface area contributed by atoms with Crippen LogP contribution in [0.15, 0.2) is 91.3 Å². The van der Waals surface area contributed by atoms with Gasteiger partial charge in [0.1, 0.15) is 0 Å². The fourth-order valence-corrected chi connectivity index (χ4v) is 11.1. The van der Waals surface area contributed by atoms with E-state index in [2.05, 4.69) is 74.5 Å². The van der Waals surface area contributed by atoms with E-state index in [-0.39, 0.29) is 22.5 Å². The monoisotopic (exact) mass is 638 g/mol. The minimum Gasteiger partial charge on any atom is -0.748 e. The summed E-state index contributed by atoms with van der Waals surface area (Å²) in [5.41, 5.74) is 5.44. The van der Waals surface area contributed by atoms with Gasteiger partial charge >= 0.3 is 0 Å². The molecule has 4 aliphatic rings. The summed E-state index contributed by atoms with van der Waals surface area (Å²) >= 11 is 0. The molecule has 4 aromatic rings. The van der Waals surface area contributed by atoms with Gasteiger partial charge in [0.15, 0.2) is 0 Å². The smallest absolute Gasteiger partial charge is 0.0481 e. The Morgan fingerprint density at radius 3 is 1.71 bits per heavy atom. The van der Waals surface area contributed by atoms with Crippen LogP contribution >= 0.6 is 18.5 Å². The van der Waals surface area contributed by atoms with E-state index in [9.17, 15) is 0 Å². The third-order valence-electron chi connectivity index (χ3n) is 10.3. The quantitative estimate of drug-likeness (QED) is 0.122. The summed E-state index contributed by atoms with van der Waals surface area (Å²) in [6, 6.07) is 27.9. The normalized spacial score (nSPS) is 26.7. The Hall–Kier alpha value is -1.40. The van der Waals surface area contributed by atoms with Gasteiger partial charge in [0.2, 0.25) is 0 Å². The van der Waals surface area contributed by atoms with Crippen LogP contribution in [0, 0.1) is 23.7 Å². The van der Waals surface area contributed by atoms with Gasteiger partial charge in [-0.2, -0.15) is 28.4 Å². The average Bonchev–Trinajstić information content (AvgIpc) is 3.68. The van der Waals surface area contributed by atoms with Crippen molar-refractivity contribution in [3.8, 4) is 0 Å². The first kappa shape index (κ1) is 31.0. The zero-order valence-electron chi connectivity index (χ0n) is 24.6. The number of aromatic nitrogens is 2. The molecule has 0 saturated heterocycles. The maximum absolute atomic E-state index is 4.95. The molecule has 2 unspecified atom stereocenters. The third kappa shape index (κ3) is 5.54. The van der Waals surface area contributed by atoms with Crippen molar-refractivity contribution in [1.29, 1.82) is 0 Å². The summed E-state index contributed by atoms with van der Waals surface area (Å²) in [5, 5.41) is 1.12. The van der Waals surface area contributed by atoms with Gasteiger partial charge in [0.25, 0.3) is 0 Å². The molecule has 0 spiro atoms. The molecule has 2 aromatic heterocycles. The van der Waals surface area contributed by atoms with E-state index in [1.54, 1.807) is 10.8 Å². The molecule has 6 heteroatoms. The summed E-state index contributed by atoms with van der Waals surface area (Å²) in [7, 11) is 4.95. The third-order valence-corrected chi connectivity index (χ3v) is 13.9. The van der Waals surface area contributed by atoms with Gasteiger partial charge in [0.05, 0.1) is 0 Å². The maximum atomic E-state index is 4.95. The summed E-state index contributed by atoms with van der Waals surface area (Å²) in [6.45, 7) is 7.48. The Balaban J connectivity index is 0.000000510. The second-order valence-corrected chi connectivity index (χ2v) is 19.9. The molecule has 2 atom stereocenters. The Morgan fingerprint density at radius 1 is 0.829 bits per heavy atom. The Bertz CT molecular complexity index is 1310. The van der Waals surface area contributed by atoms with Crippen LogP contribution in [0.1, 0.15) is 54.6 Å². The van der Waals surface area contributed by atoms with Gasteiger partial charge in [-0.05, 0) is 86.2 Å². The number of hydrogen-bond donors (Lipinski definition) is 0. The topological polar surface area (TPSA) is 25.8 Å². The maximum Gasteiger partial charge on any atom is 0.0481 e. The molecular weight excluding hydrogens is 594 g/mol. The summed E-state index contributed by atoms with van der Waals surface area (Å²) < 4.78 is 0. The number of rotatable bonds is 6. The van der Waals surface area contributed by atoms with Crippen LogP contribution in [0.4, 0.5) is 0 Å². The second kappa shape index (κ2) is 12.3. The number of pyridine rings is 2. The minimum absolute atomic E-state index is 0. The van der Waals surface area contributed by atoms with E-state index in [1.807, 2.05) is 54.9 Å². The van der Waals surface area contributed by atoms with Crippen molar-refractivity contribution in [2.75, 3.05) is 6.16 Å².